The Morgan fingerprint density at radius 1 is 1.00 bits per heavy atom. The number of rotatable bonds is 9. The summed E-state index contributed by atoms with van der Waals surface area (Å²) in [5.74, 6) is 2.15. The van der Waals surface area contributed by atoms with E-state index >= 15 is 0 Å². The van der Waals surface area contributed by atoms with E-state index in [1.54, 1.807) is 20.3 Å². The molecule has 0 amide bonds. The van der Waals surface area contributed by atoms with E-state index in [2.05, 4.69) is 5.32 Å². The predicted octanol–water partition coefficient (Wildman–Crippen LogP) is 5.13. The van der Waals surface area contributed by atoms with Crippen LogP contribution in [-0.2, 0) is 13.0 Å². The van der Waals surface area contributed by atoms with Gasteiger partial charge in [0.05, 0.1) is 25.3 Å². The van der Waals surface area contributed by atoms with E-state index in [-0.39, 0.29) is 6.10 Å². The smallest absolute Gasteiger partial charge is 0.160 e. The molecule has 0 aliphatic carbocycles. The summed E-state index contributed by atoms with van der Waals surface area (Å²) in [5, 5.41) is 4.55. The van der Waals surface area contributed by atoms with Crippen LogP contribution in [0.4, 0.5) is 0 Å². The second kappa shape index (κ2) is 9.91. The lowest BCUT2D eigenvalue weighted by Gasteiger charge is -2.17. The van der Waals surface area contributed by atoms with Gasteiger partial charge in [0.1, 0.15) is 5.75 Å². The van der Waals surface area contributed by atoms with Crippen LogP contribution in [0.15, 0.2) is 30.3 Å². The number of hydrogen-bond donors (Lipinski definition) is 1. The Bertz CT molecular complexity index is 735. The van der Waals surface area contributed by atoms with Gasteiger partial charge in [0.15, 0.2) is 11.5 Å². The van der Waals surface area contributed by atoms with Crippen LogP contribution in [-0.4, -0.2) is 26.9 Å². The Hall–Kier alpha value is -1.62. The summed E-state index contributed by atoms with van der Waals surface area (Å²) in [4.78, 5) is 0. The van der Waals surface area contributed by atoms with Crippen molar-refractivity contribution in [1.29, 1.82) is 0 Å². The molecule has 2 aromatic rings. The van der Waals surface area contributed by atoms with Gasteiger partial charge in [0.2, 0.25) is 0 Å². The number of benzene rings is 2. The summed E-state index contributed by atoms with van der Waals surface area (Å²) < 4.78 is 16.4. The van der Waals surface area contributed by atoms with Gasteiger partial charge >= 0.3 is 0 Å². The van der Waals surface area contributed by atoms with E-state index in [1.807, 2.05) is 38.1 Å². The molecule has 0 unspecified atom stereocenters. The topological polar surface area (TPSA) is 39.7 Å². The van der Waals surface area contributed by atoms with E-state index in [0.717, 1.165) is 35.6 Å². The van der Waals surface area contributed by atoms with Gasteiger partial charge in [-0.05, 0) is 56.6 Å². The fourth-order valence-corrected chi connectivity index (χ4v) is 3.18. The van der Waals surface area contributed by atoms with Gasteiger partial charge in [-0.3, -0.25) is 0 Å². The van der Waals surface area contributed by atoms with E-state index in [0.29, 0.717) is 22.3 Å². The molecule has 142 valence electrons. The Morgan fingerprint density at radius 3 is 2.38 bits per heavy atom. The summed E-state index contributed by atoms with van der Waals surface area (Å²) in [6.45, 7) is 5.36. The molecule has 2 aromatic carbocycles. The van der Waals surface area contributed by atoms with Crippen molar-refractivity contribution in [2.75, 3.05) is 20.8 Å². The third-order valence-corrected chi connectivity index (χ3v) is 4.29. The van der Waals surface area contributed by atoms with Gasteiger partial charge in [-0.25, -0.2) is 0 Å². The van der Waals surface area contributed by atoms with Crippen LogP contribution >= 0.6 is 23.2 Å². The van der Waals surface area contributed by atoms with Crippen LogP contribution in [0.1, 0.15) is 25.0 Å². The minimum atomic E-state index is 0.0409. The molecule has 0 radical (unpaired) electrons. The maximum absolute atomic E-state index is 6.29. The molecular weight excluding hydrogens is 373 g/mol. The third kappa shape index (κ3) is 5.70. The summed E-state index contributed by atoms with van der Waals surface area (Å²) >= 11 is 12.4. The van der Waals surface area contributed by atoms with Gasteiger partial charge in [-0.15, -0.1) is 0 Å². The third-order valence-electron chi connectivity index (χ3n) is 3.79. The van der Waals surface area contributed by atoms with Crippen LogP contribution in [0, 0.1) is 0 Å². The molecule has 1 N–H and O–H groups in total. The normalized spacial score (nSPS) is 10.9. The van der Waals surface area contributed by atoms with Crippen LogP contribution in [0.3, 0.4) is 0 Å². The highest BCUT2D eigenvalue weighted by Crippen LogP contribution is 2.33. The number of hydrogen-bond acceptors (Lipinski definition) is 4. The van der Waals surface area contributed by atoms with Crippen molar-refractivity contribution in [3.8, 4) is 17.2 Å². The van der Waals surface area contributed by atoms with Crippen molar-refractivity contribution in [1.82, 2.24) is 5.32 Å². The zero-order valence-corrected chi connectivity index (χ0v) is 17.1. The molecule has 0 aromatic heterocycles. The molecule has 0 spiro atoms. The first-order valence-electron chi connectivity index (χ1n) is 8.50. The SMILES string of the molecule is COc1ccc(CCNCc2cc(Cl)cc(Cl)c2OC(C)C)cc1OC. The molecule has 0 atom stereocenters. The maximum Gasteiger partial charge on any atom is 0.160 e. The molecule has 2 rings (SSSR count). The van der Waals surface area contributed by atoms with E-state index < -0.39 is 0 Å². The van der Waals surface area contributed by atoms with Crippen molar-refractivity contribution in [3.05, 3.63) is 51.5 Å². The quantitative estimate of drug-likeness (QED) is 0.595. The largest absolute Gasteiger partial charge is 0.493 e. The van der Waals surface area contributed by atoms with Crippen molar-refractivity contribution >= 4 is 23.2 Å². The summed E-state index contributed by atoms with van der Waals surface area (Å²) in [6, 6.07) is 9.53. The molecule has 4 nitrogen and oxygen atoms in total. The fourth-order valence-electron chi connectivity index (χ4n) is 2.60. The minimum Gasteiger partial charge on any atom is -0.493 e. The molecular formula is C20H25Cl2NO3. The second-order valence-corrected chi connectivity index (χ2v) is 7.00. The van der Waals surface area contributed by atoms with Crippen LogP contribution in [0.2, 0.25) is 10.0 Å². The lowest BCUT2D eigenvalue weighted by atomic mass is 10.1. The monoisotopic (exact) mass is 397 g/mol. The average molecular weight is 398 g/mol. The van der Waals surface area contributed by atoms with Crippen LogP contribution < -0.4 is 19.5 Å². The van der Waals surface area contributed by atoms with Crippen molar-refractivity contribution < 1.29 is 14.2 Å². The number of ether oxygens (including phenoxy) is 3. The second-order valence-electron chi connectivity index (χ2n) is 6.16. The summed E-state index contributed by atoms with van der Waals surface area (Å²) in [7, 11) is 3.27. The Kier molecular flexibility index (Phi) is 7.88. The molecule has 0 saturated heterocycles. The molecule has 0 bridgehead atoms. The van der Waals surface area contributed by atoms with E-state index in [1.165, 1.54) is 0 Å². The molecule has 26 heavy (non-hydrogen) atoms. The minimum absolute atomic E-state index is 0.0409. The van der Waals surface area contributed by atoms with Crippen LogP contribution in [0.5, 0.6) is 17.2 Å². The zero-order chi connectivity index (χ0) is 19.1. The molecule has 0 aliphatic heterocycles. The van der Waals surface area contributed by atoms with Gasteiger partial charge < -0.3 is 19.5 Å². The van der Waals surface area contributed by atoms with E-state index in [4.69, 9.17) is 37.4 Å². The molecule has 0 heterocycles. The molecule has 6 heteroatoms. The Balaban J connectivity index is 1.98. The highest BCUT2D eigenvalue weighted by Gasteiger charge is 2.12. The average Bonchev–Trinajstić information content (AvgIpc) is 2.60. The van der Waals surface area contributed by atoms with Crippen molar-refractivity contribution in [2.24, 2.45) is 0 Å². The van der Waals surface area contributed by atoms with Crippen LogP contribution in [0.25, 0.3) is 0 Å². The molecule has 0 fully saturated rings. The standard InChI is InChI=1S/C20H25Cl2NO3/c1-13(2)26-20-15(10-16(21)11-17(20)22)12-23-8-7-14-5-6-18(24-3)19(9-14)25-4/h5-6,9-11,13,23H,7-8,12H2,1-4H3. The highest BCUT2D eigenvalue weighted by atomic mass is 35.5. The number of nitrogens with one attached hydrogen (secondary N) is 1. The zero-order valence-electron chi connectivity index (χ0n) is 15.6. The first-order valence-corrected chi connectivity index (χ1v) is 9.26. The number of methoxy groups -OCH3 is 2. The molecule has 0 saturated carbocycles. The van der Waals surface area contributed by atoms with Gasteiger partial charge in [0, 0.05) is 17.1 Å². The summed E-state index contributed by atoms with van der Waals surface area (Å²) in [5.41, 5.74) is 2.11. The Labute approximate surface area is 165 Å². The first-order chi connectivity index (χ1) is 12.4. The Morgan fingerprint density at radius 2 is 1.73 bits per heavy atom. The predicted molar refractivity (Wildman–Crippen MR) is 107 cm³/mol. The van der Waals surface area contributed by atoms with Crippen molar-refractivity contribution in [3.63, 3.8) is 0 Å². The molecule has 0 aliphatic rings. The highest BCUT2D eigenvalue weighted by molar-refractivity contribution is 6.35. The lowest BCUT2D eigenvalue weighted by molar-refractivity contribution is 0.239. The van der Waals surface area contributed by atoms with E-state index in [9.17, 15) is 0 Å². The van der Waals surface area contributed by atoms with Crippen molar-refractivity contribution in [2.45, 2.75) is 32.9 Å². The summed E-state index contributed by atoms with van der Waals surface area (Å²) in [6.07, 6.45) is 0.897. The van der Waals surface area contributed by atoms with Gasteiger partial charge in [-0.2, -0.15) is 0 Å². The lowest BCUT2D eigenvalue weighted by Crippen LogP contribution is -2.18. The van der Waals surface area contributed by atoms with Gasteiger partial charge in [0.25, 0.3) is 0 Å². The fraction of sp³-hybridized carbons (Fsp3) is 0.400. The first kappa shape index (κ1) is 20.7. The maximum atomic E-state index is 6.29. The number of halogens is 2. The van der Waals surface area contributed by atoms with Gasteiger partial charge in [-0.1, -0.05) is 29.3 Å².